The number of furan rings is 1. The standard InChI is InChI=1S/C29H19ClN2O4S/c30-17-10-11-20-16(15-17)9-12-23-29(18-5-1-2-6-19(18)31-28(29)35)24(26(33)21-7-3-13-36-21)25(32(20)23)27(34)22-8-4-14-37-22/h1-15,23-25H,(H,31,35). The van der Waals surface area contributed by atoms with Crippen LogP contribution in [0.1, 0.15) is 31.4 Å². The number of benzene rings is 2. The third-order valence-corrected chi connectivity index (χ3v) is 8.79. The van der Waals surface area contributed by atoms with Gasteiger partial charge in [0.15, 0.2) is 11.5 Å². The van der Waals surface area contributed by atoms with E-state index in [0.29, 0.717) is 21.2 Å². The molecule has 4 unspecified atom stereocenters. The van der Waals surface area contributed by atoms with Gasteiger partial charge >= 0.3 is 0 Å². The number of thiophene rings is 1. The normalized spacial score (nSPS) is 25.1. The van der Waals surface area contributed by atoms with Crippen molar-refractivity contribution in [1.82, 2.24) is 0 Å². The molecule has 4 aromatic rings. The Morgan fingerprint density at radius 3 is 2.68 bits per heavy atom. The average molecular weight is 527 g/mol. The fraction of sp³-hybridized carbons (Fsp3) is 0.138. The maximum absolute atomic E-state index is 14.3. The Kier molecular flexibility index (Phi) is 4.83. The van der Waals surface area contributed by atoms with Crippen LogP contribution in [0.4, 0.5) is 11.4 Å². The number of para-hydroxylation sites is 1. The number of amides is 1. The largest absolute Gasteiger partial charge is 0.461 e. The van der Waals surface area contributed by atoms with Crippen LogP contribution in [0.3, 0.4) is 0 Å². The van der Waals surface area contributed by atoms with E-state index >= 15 is 0 Å². The Morgan fingerprint density at radius 1 is 1.03 bits per heavy atom. The first-order valence-corrected chi connectivity index (χ1v) is 13.1. The summed E-state index contributed by atoms with van der Waals surface area (Å²) in [5.74, 6) is -1.84. The number of halogens is 1. The van der Waals surface area contributed by atoms with Crippen molar-refractivity contribution in [2.45, 2.75) is 17.5 Å². The van der Waals surface area contributed by atoms with Gasteiger partial charge in [0.25, 0.3) is 0 Å². The van der Waals surface area contributed by atoms with Crippen LogP contribution >= 0.6 is 22.9 Å². The first kappa shape index (κ1) is 22.3. The van der Waals surface area contributed by atoms with Gasteiger partial charge in [-0.05, 0) is 59.0 Å². The monoisotopic (exact) mass is 526 g/mol. The van der Waals surface area contributed by atoms with E-state index in [0.717, 1.165) is 11.3 Å². The summed E-state index contributed by atoms with van der Waals surface area (Å²) < 4.78 is 5.55. The molecule has 1 spiro atoms. The molecule has 6 nitrogen and oxygen atoms in total. The molecule has 182 valence electrons. The van der Waals surface area contributed by atoms with E-state index in [1.54, 1.807) is 24.3 Å². The zero-order valence-corrected chi connectivity index (χ0v) is 20.8. The molecule has 1 fully saturated rings. The number of hydrogen-bond acceptors (Lipinski definition) is 6. The number of ketones is 2. The third-order valence-electron chi connectivity index (χ3n) is 7.67. The zero-order valence-electron chi connectivity index (χ0n) is 19.3. The Balaban J connectivity index is 1.55. The number of rotatable bonds is 4. The van der Waals surface area contributed by atoms with E-state index in [1.807, 2.05) is 64.9 Å². The molecule has 0 aliphatic carbocycles. The fourth-order valence-electron chi connectivity index (χ4n) is 6.29. The summed E-state index contributed by atoms with van der Waals surface area (Å²) in [6.45, 7) is 0. The highest BCUT2D eigenvalue weighted by Gasteiger charge is 2.70. The van der Waals surface area contributed by atoms with Gasteiger partial charge < -0.3 is 14.6 Å². The Bertz CT molecular complexity index is 1610. The molecule has 0 saturated carbocycles. The molecule has 1 saturated heterocycles. The second-order valence-corrected chi connectivity index (χ2v) is 10.8. The summed E-state index contributed by atoms with van der Waals surface area (Å²) in [7, 11) is 0. The molecule has 0 radical (unpaired) electrons. The lowest BCUT2D eigenvalue weighted by atomic mass is 9.64. The molecular weight excluding hydrogens is 508 g/mol. The minimum Gasteiger partial charge on any atom is -0.461 e. The number of Topliss-reactive ketones (excluding diaryl/α,β-unsaturated/α-hetero) is 2. The number of hydrogen-bond donors (Lipinski definition) is 1. The van der Waals surface area contributed by atoms with E-state index in [1.165, 1.54) is 17.6 Å². The quantitative estimate of drug-likeness (QED) is 0.337. The van der Waals surface area contributed by atoms with Crippen molar-refractivity contribution >= 4 is 57.9 Å². The third kappa shape index (κ3) is 2.95. The van der Waals surface area contributed by atoms with Crippen LogP contribution in [0, 0.1) is 5.92 Å². The lowest BCUT2D eigenvalue weighted by Gasteiger charge is -2.37. The Hall–Kier alpha value is -3.94. The summed E-state index contributed by atoms with van der Waals surface area (Å²) in [5, 5.41) is 5.40. The summed E-state index contributed by atoms with van der Waals surface area (Å²) >= 11 is 7.63. The van der Waals surface area contributed by atoms with Crippen LogP contribution in [-0.2, 0) is 10.2 Å². The topological polar surface area (TPSA) is 79.6 Å². The Morgan fingerprint density at radius 2 is 1.89 bits per heavy atom. The van der Waals surface area contributed by atoms with Gasteiger partial charge in [0.05, 0.1) is 23.1 Å². The molecule has 0 bridgehead atoms. The number of nitrogens with zero attached hydrogens (tertiary/aromatic N) is 1. The van der Waals surface area contributed by atoms with Crippen molar-refractivity contribution < 1.29 is 18.8 Å². The molecular formula is C29H19ClN2O4S. The maximum atomic E-state index is 14.3. The van der Waals surface area contributed by atoms with Gasteiger partial charge in [-0.3, -0.25) is 14.4 Å². The first-order valence-electron chi connectivity index (χ1n) is 11.8. The highest BCUT2D eigenvalue weighted by atomic mass is 35.5. The van der Waals surface area contributed by atoms with E-state index in [4.69, 9.17) is 16.0 Å². The lowest BCUT2D eigenvalue weighted by molar-refractivity contribution is -0.121. The van der Waals surface area contributed by atoms with Crippen LogP contribution in [0.5, 0.6) is 0 Å². The molecule has 1 N–H and O–H groups in total. The number of nitrogens with one attached hydrogen (secondary N) is 1. The number of carbonyl (C=O) groups is 3. The summed E-state index contributed by atoms with van der Waals surface area (Å²) in [6.07, 6.45) is 5.27. The van der Waals surface area contributed by atoms with E-state index in [9.17, 15) is 14.4 Å². The van der Waals surface area contributed by atoms with Gasteiger partial charge in [-0.15, -0.1) is 11.3 Å². The predicted molar refractivity (Wildman–Crippen MR) is 142 cm³/mol. The van der Waals surface area contributed by atoms with Gasteiger partial charge in [0, 0.05) is 16.4 Å². The number of carbonyl (C=O) groups excluding carboxylic acids is 3. The molecule has 7 rings (SSSR count). The van der Waals surface area contributed by atoms with Crippen molar-refractivity contribution in [3.05, 3.63) is 111 Å². The van der Waals surface area contributed by atoms with Gasteiger partial charge in [0.2, 0.25) is 11.7 Å². The molecule has 3 aliphatic heterocycles. The van der Waals surface area contributed by atoms with Gasteiger partial charge in [-0.1, -0.05) is 48.0 Å². The van der Waals surface area contributed by atoms with Crippen LogP contribution in [0.15, 0.2) is 88.9 Å². The SMILES string of the molecule is O=C(c1cccs1)C1C(C(=O)c2ccco2)C2(C(=O)Nc3ccccc32)C2C=Cc3cc(Cl)ccc3N12. The second-order valence-electron chi connectivity index (χ2n) is 9.39. The van der Waals surface area contributed by atoms with E-state index in [2.05, 4.69) is 5.32 Å². The van der Waals surface area contributed by atoms with Crippen molar-refractivity contribution in [2.75, 3.05) is 10.2 Å². The van der Waals surface area contributed by atoms with E-state index < -0.39 is 23.4 Å². The molecule has 1 amide bonds. The molecule has 3 aliphatic rings. The highest BCUT2D eigenvalue weighted by molar-refractivity contribution is 7.12. The summed E-state index contributed by atoms with van der Waals surface area (Å²) in [4.78, 5) is 45.2. The fourth-order valence-corrected chi connectivity index (χ4v) is 7.17. The molecule has 2 aromatic heterocycles. The van der Waals surface area contributed by atoms with Crippen molar-refractivity contribution in [3.8, 4) is 0 Å². The molecule has 5 heterocycles. The van der Waals surface area contributed by atoms with Crippen molar-refractivity contribution in [2.24, 2.45) is 5.92 Å². The zero-order chi connectivity index (χ0) is 25.3. The van der Waals surface area contributed by atoms with Crippen LogP contribution in [0.25, 0.3) is 6.08 Å². The molecule has 8 heteroatoms. The molecule has 4 atom stereocenters. The van der Waals surface area contributed by atoms with Gasteiger partial charge in [-0.2, -0.15) is 0 Å². The second kappa shape index (κ2) is 8.03. The lowest BCUT2D eigenvalue weighted by Crippen LogP contribution is -2.51. The minimum atomic E-state index is -1.36. The number of fused-ring (bicyclic) bond motifs is 6. The molecule has 37 heavy (non-hydrogen) atoms. The van der Waals surface area contributed by atoms with Crippen LogP contribution in [0.2, 0.25) is 5.02 Å². The average Bonchev–Trinajstić information content (AvgIpc) is 3.70. The predicted octanol–water partition coefficient (Wildman–Crippen LogP) is 5.85. The van der Waals surface area contributed by atoms with E-state index in [-0.39, 0.29) is 23.2 Å². The van der Waals surface area contributed by atoms with Crippen LogP contribution in [-0.4, -0.2) is 29.6 Å². The van der Waals surface area contributed by atoms with Crippen LogP contribution < -0.4 is 10.2 Å². The molecule has 2 aromatic carbocycles. The Labute approximate surface area is 221 Å². The minimum absolute atomic E-state index is 0.116. The van der Waals surface area contributed by atoms with Crippen molar-refractivity contribution in [3.63, 3.8) is 0 Å². The summed E-state index contributed by atoms with van der Waals surface area (Å²) in [6, 6.07) is 18.1. The summed E-state index contributed by atoms with van der Waals surface area (Å²) in [5.41, 5.74) is 1.55. The van der Waals surface area contributed by atoms with Crippen molar-refractivity contribution in [1.29, 1.82) is 0 Å². The van der Waals surface area contributed by atoms with Gasteiger partial charge in [-0.25, -0.2) is 0 Å². The maximum Gasteiger partial charge on any atom is 0.238 e. The first-order chi connectivity index (χ1) is 18.0. The highest BCUT2D eigenvalue weighted by Crippen LogP contribution is 2.58. The smallest absolute Gasteiger partial charge is 0.238 e. The van der Waals surface area contributed by atoms with Gasteiger partial charge in [0.1, 0.15) is 11.5 Å². The number of anilines is 2.